The lowest BCUT2D eigenvalue weighted by atomic mass is 9.83. The van der Waals surface area contributed by atoms with E-state index in [1.165, 1.54) is 23.1 Å². The highest BCUT2D eigenvalue weighted by Crippen LogP contribution is 2.26. The fourth-order valence-corrected chi connectivity index (χ4v) is 2.11. The van der Waals surface area contributed by atoms with Gasteiger partial charge in [-0.2, -0.15) is 0 Å². The zero-order valence-electron chi connectivity index (χ0n) is 11.1. The number of aryl methyl sites for hydroxylation is 2. The molecule has 0 amide bonds. The van der Waals surface area contributed by atoms with Gasteiger partial charge in [-0.05, 0) is 54.8 Å². The van der Waals surface area contributed by atoms with Crippen LogP contribution in [0.4, 0.5) is 0 Å². The number of hydrogen-bond acceptors (Lipinski definition) is 1. The van der Waals surface area contributed by atoms with Gasteiger partial charge in [0.05, 0.1) is 0 Å². The van der Waals surface area contributed by atoms with Crippen LogP contribution in [-0.4, -0.2) is 6.54 Å². The van der Waals surface area contributed by atoms with E-state index in [0.717, 1.165) is 19.4 Å². The highest BCUT2D eigenvalue weighted by Gasteiger charge is 2.16. The lowest BCUT2D eigenvalue weighted by Crippen LogP contribution is -2.13. The number of rotatable bonds is 4. The summed E-state index contributed by atoms with van der Waals surface area (Å²) in [5.74, 6) is 0. The minimum Gasteiger partial charge on any atom is -0.330 e. The minimum atomic E-state index is 0.244. The first kappa shape index (κ1) is 13.2. The molecule has 1 nitrogen and oxygen atoms in total. The fourth-order valence-electron chi connectivity index (χ4n) is 2.11. The van der Waals surface area contributed by atoms with E-state index in [2.05, 4.69) is 45.9 Å². The maximum atomic E-state index is 5.52. The van der Waals surface area contributed by atoms with E-state index >= 15 is 0 Å². The molecular formula is C15H25N. The molecule has 0 spiro atoms. The average molecular weight is 219 g/mol. The molecule has 0 saturated heterocycles. The maximum Gasteiger partial charge on any atom is -0.00772 e. The highest BCUT2D eigenvalue weighted by molar-refractivity contribution is 5.35. The molecule has 0 unspecified atom stereocenters. The Hall–Kier alpha value is -0.820. The van der Waals surface area contributed by atoms with Crippen LogP contribution in [0.1, 0.15) is 50.3 Å². The first-order valence-corrected chi connectivity index (χ1v) is 6.25. The third-order valence-corrected chi connectivity index (χ3v) is 3.03. The van der Waals surface area contributed by atoms with Crippen molar-refractivity contribution < 1.29 is 0 Å². The monoisotopic (exact) mass is 219 g/mol. The molecular weight excluding hydrogens is 194 g/mol. The molecule has 0 aliphatic carbocycles. The molecule has 1 aromatic carbocycles. The quantitative estimate of drug-likeness (QED) is 0.770. The van der Waals surface area contributed by atoms with Crippen molar-refractivity contribution in [2.75, 3.05) is 6.54 Å². The average Bonchev–Trinajstić information content (AvgIpc) is 2.19. The predicted octanol–water partition coefficient (Wildman–Crippen LogP) is 3.57. The summed E-state index contributed by atoms with van der Waals surface area (Å²) in [5, 5.41) is 0. The van der Waals surface area contributed by atoms with Gasteiger partial charge in [-0.3, -0.25) is 0 Å². The van der Waals surface area contributed by atoms with Crippen LogP contribution in [0.5, 0.6) is 0 Å². The second-order valence-corrected chi connectivity index (χ2v) is 5.65. The van der Waals surface area contributed by atoms with Gasteiger partial charge in [0.1, 0.15) is 0 Å². The van der Waals surface area contributed by atoms with Crippen molar-refractivity contribution in [1.82, 2.24) is 0 Å². The van der Waals surface area contributed by atoms with Gasteiger partial charge in [0.25, 0.3) is 0 Å². The second kappa shape index (κ2) is 5.49. The zero-order chi connectivity index (χ0) is 12.2. The van der Waals surface area contributed by atoms with Crippen molar-refractivity contribution in [1.29, 1.82) is 0 Å². The molecule has 2 N–H and O–H groups in total. The number of unbranched alkanes of at least 4 members (excludes halogenated alkanes) is 1. The van der Waals surface area contributed by atoms with Gasteiger partial charge < -0.3 is 5.73 Å². The van der Waals surface area contributed by atoms with Gasteiger partial charge in [0.2, 0.25) is 0 Å². The van der Waals surface area contributed by atoms with Crippen molar-refractivity contribution in [3.05, 3.63) is 34.9 Å². The molecule has 0 bridgehead atoms. The largest absolute Gasteiger partial charge is 0.330 e. The van der Waals surface area contributed by atoms with E-state index < -0.39 is 0 Å². The van der Waals surface area contributed by atoms with Crippen LogP contribution in [0, 0.1) is 6.92 Å². The van der Waals surface area contributed by atoms with Gasteiger partial charge in [-0.1, -0.05) is 39.0 Å². The Kier molecular flexibility index (Phi) is 4.55. The summed E-state index contributed by atoms with van der Waals surface area (Å²) in [6.07, 6.45) is 3.47. The summed E-state index contributed by atoms with van der Waals surface area (Å²) in [5.41, 5.74) is 10.1. The predicted molar refractivity (Wildman–Crippen MR) is 71.9 cm³/mol. The lowest BCUT2D eigenvalue weighted by Gasteiger charge is -2.22. The van der Waals surface area contributed by atoms with Crippen LogP contribution in [0.25, 0.3) is 0 Å². The van der Waals surface area contributed by atoms with Crippen LogP contribution >= 0.6 is 0 Å². The normalized spacial score (nSPS) is 11.8. The van der Waals surface area contributed by atoms with Crippen molar-refractivity contribution in [2.45, 2.75) is 52.4 Å². The summed E-state index contributed by atoms with van der Waals surface area (Å²) >= 11 is 0. The summed E-state index contributed by atoms with van der Waals surface area (Å²) in [6, 6.07) is 6.87. The molecule has 1 aromatic rings. The minimum absolute atomic E-state index is 0.244. The standard InChI is InChI=1S/C15H25N/c1-12-8-9-13(7-5-6-10-16)11-14(12)15(2,3)4/h8-9,11H,5-7,10,16H2,1-4H3. The molecule has 0 fully saturated rings. The molecule has 0 aromatic heterocycles. The van der Waals surface area contributed by atoms with E-state index in [-0.39, 0.29) is 5.41 Å². The number of hydrogen-bond donors (Lipinski definition) is 1. The van der Waals surface area contributed by atoms with Crippen molar-refractivity contribution in [2.24, 2.45) is 5.73 Å². The molecule has 1 rings (SSSR count). The lowest BCUT2D eigenvalue weighted by molar-refractivity contribution is 0.584. The van der Waals surface area contributed by atoms with Gasteiger partial charge in [-0.15, -0.1) is 0 Å². The van der Waals surface area contributed by atoms with E-state index in [9.17, 15) is 0 Å². The highest BCUT2D eigenvalue weighted by atomic mass is 14.5. The first-order valence-electron chi connectivity index (χ1n) is 6.25. The third kappa shape index (κ3) is 3.64. The Morgan fingerprint density at radius 3 is 2.38 bits per heavy atom. The smallest absolute Gasteiger partial charge is 0.00772 e. The van der Waals surface area contributed by atoms with Crippen LogP contribution in [-0.2, 0) is 11.8 Å². The van der Waals surface area contributed by atoms with Gasteiger partial charge in [0.15, 0.2) is 0 Å². The Morgan fingerprint density at radius 2 is 1.81 bits per heavy atom. The van der Waals surface area contributed by atoms with E-state index in [0.29, 0.717) is 0 Å². The Bertz CT molecular complexity index is 334. The third-order valence-electron chi connectivity index (χ3n) is 3.03. The summed E-state index contributed by atoms with van der Waals surface area (Å²) in [7, 11) is 0. The number of nitrogens with two attached hydrogens (primary N) is 1. The molecule has 90 valence electrons. The SMILES string of the molecule is Cc1ccc(CCCCN)cc1C(C)(C)C. The molecule has 16 heavy (non-hydrogen) atoms. The van der Waals surface area contributed by atoms with E-state index in [4.69, 9.17) is 5.73 Å². The van der Waals surface area contributed by atoms with Crippen molar-refractivity contribution in [3.8, 4) is 0 Å². The first-order chi connectivity index (χ1) is 7.45. The molecule has 0 heterocycles. The molecule has 0 atom stereocenters. The van der Waals surface area contributed by atoms with Gasteiger partial charge >= 0.3 is 0 Å². The molecule has 0 saturated carbocycles. The van der Waals surface area contributed by atoms with Gasteiger partial charge in [-0.25, -0.2) is 0 Å². The van der Waals surface area contributed by atoms with E-state index in [1.807, 2.05) is 0 Å². The topological polar surface area (TPSA) is 26.0 Å². The Balaban J connectivity index is 2.82. The van der Waals surface area contributed by atoms with Gasteiger partial charge in [0, 0.05) is 0 Å². The maximum absolute atomic E-state index is 5.52. The second-order valence-electron chi connectivity index (χ2n) is 5.65. The van der Waals surface area contributed by atoms with E-state index in [1.54, 1.807) is 0 Å². The zero-order valence-corrected chi connectivity index (χ0v) is 11.1. The van der Waals surface area contributed by atoms with Crippen molar-refractivity contribution in [3.63, 3.8) is 0 Å². The molecule has 1 heteroatoms. The van der Waals surface area contributed by atoms with Crippen LogP contribution in [0.2, 0.25) is 0 Å². The van der Waals surface area contributed by atoms with Crippen LogP contribution < -0.4 is 5.73 Å². The summed E-state index contributed by atoms with van der Waals surface area (Å²) < 4.78 is 0. The Morgan fingerprint density at radius 1 is 1.12 bits per heavy atom. The molecule has 0 aliphatic heterocycles. The Labute approximate surface area is 100 Å². The summed E-state index contributed by atoms with van der Waals surface area (Å²) in [6.45, 7) is 9.83. The molecule has 0 radical (unpaired) electrons. The van der Waals surface area contributed by atoms with Crippen LogP contribution in [0.15, 0.2) is 18.2 Å². The van der Waals surface area contributed by atoms with Crippen LogP contribution in [0.3, 0.4) is 0 Å². The van der Waals surface area contributed by atoms with Crippen molar-refractivity contribution >= 4 is 0 Å². The fraction of sp³-hybridized carbons (Fsp3) is 0.600. The number of benzene rings is 1. The summed E-state index contributed by atoms with van der Waals surface area (Å²) in [4.78, 5) is 0. The molecule has 0 aliphatic rings.